The second-order valence-corrected chi connectivity index (χ2v) is 10.3. The molecule has 1 aliphatic heterocycles. The van der Waals surface area contributed by atoms with Crippen LogP contribution in [0, 0.1) is 12.7 Å². The molecule has 7 nitrogen and oxygen atoms in total. The number of hydrogen-bond acceptors (Lipinski definition) is 6. The van der Waals surface area contributed by atoms with E-state index < -0.39 is 21.4 Å². The highest BCUT2D eigenvalue weighted by molar-refractivity contribution is 7.93. The van der Waals surface area contributed by atoms with Crippen molar-refractivity contribution in [1.29, 1.82) is 0 Å². The van der Waals surface area contributed by atoms with Gasteiger partial charge in [0, 0.05) is 24.0 Å². The Kier molecular flexibility index (Phi) is 6.02. The number of nitrogens with zero attached hydrogens (tertiary/aromatic N) is 2. The first-order chi connectivity index (χ1) is 15.2. The minimum Gasteiger partial charge on any atom is -0.385 e. The number of hydrogen-bond donors (Lipinski definition) is 2. The van der Waals surface area contributed by atoms with Gasteiger partial charge in [-0.25, -0.2) is 17.8 Å². The molecule has 2 aromatic carbocycles. The Labute approximate surface area is 189 Å². The van der Waals surface area contributed by atoms with Crippen LogP contribution in [0.5, 0.6) is 0 Å². The van der Waals surface area contributed by atoms with Crippen molar-refractivity contribution in [3.05, 3.63) is 76.5 Å². The number of likely N-dealkylation sites (tertiary alicyclic amines) is 1. The van der Waals surface area contributed by atoms with Gasteiger partial charge in [-0.2, -0.15) is 0 Å². The molecule has 0 bridgehead atoms. The first kappa shape index (κ1) is 22.4. The summed E-state index contributed by atoms with van der Waals surface area (Å²) in [4.78, 5) is 18.6. The molecule has 0 atom stereocenters. The maximum absolute atomic E-state index is 14.3. The number of thiazole rings is 1. The second kappa shape index (κ2) is 8.61. The summed E-state index contributed by atoms with van der Waals surface area (Å²) in [5.74, 6) is -0.828. The lowest BCUT2D eigenvalue weighted by Crippen LogP contribution is -2.45. The van der Waals surface area contributed by atoms with Gasteiger partial charge in [0.15, 0.2) is 5.13 Å². The Hall–Kier alpha value is -2.82. The lowest BCUT2D eigenvalue weighted by Gasteiger charge is -2.38. The van der Waals surface area contributed by atoms with Gasteiger partial charge in [0.1, 0.15) is 11.5 Å². The van der Waals surface area contributed by atoms with Gasteiger partial charge in [-0.3, -0.25) is 9.52 Å². The maximum Gasteiger partial charge on any atom is 0.273 e. The number of nitrogens with one attached hydrogen (secondary N) is 1. The third-order valence-electron chi connectivity index (χ3n) is 5.50. The zero-order valence-corrected chi connectivity index (χ0v) is 18.9. The highest BCUT2D eigenvalue weighted by Gasteiger charge is 2.38. The van der Waals surface area contributed by atoms with Crippen molar-refractivity contribution in [2.75, 3.05) is 17.8 Å². The van der Waals surface area contributed by atoms with E-state index in [4.69, 9.17) is 0 Å². The summed E-state index contributed by atoms with van der Waals surface area (Å²) in [5.41, 5.74) is -0.129. The van der Waals surface area contributed by atoms with Crippen LogP contribution < -0.4 is 4.72 Å². The van der Waals surface area contributed by atoms with E-state index in [0.717, 1.165) is 16.9 Å². The molecule has 3 aromatic rings. The van der Waals surface area contributed by atoms with Gasteiger partial charge >= 0.3 is 0 Å². The molecule has 0 unspecified atom stereocenters. The number of halogens is 1. The van der Waals surface area contributed by atoms with Crippen LogP contribution in [-0.2, 0) is 15.6 Å². The molecule has 2 N–H and O–H groups in total. The lowest BCUT2D eigenvalue weighted by atomic mass is 9.83. The molecule has 10 heteroatoms. The van der Waals surface area contributed by atoms with Crippen molar-refractivity contribution >= 4 is 32.4 Å². The van der Waals surface area contributed by atoms with Gasteiger partial charge in [0.25, 0.3) is 15.9 Å². The number of rotatable bonds is 5. The van der Waals surface area contributed by atoms with Crippen LogP contribution in [-0.4, -0.2) is 42.4 Å². The molecule has 1 aromatic heterocycles. The van der Waals surface area contributed by atoms with Gasteiger partial charge in [-0.15, -0.1) is 11.3 Å². The van der Waals surface area contributed by atoms with E-state index in [-0.39, 0.29) is 53.1 Å². The second-order valence-electron chi connectivity index (χ2n) is 7.76. The number of aryl methyl sites for hydroxylation is 1. The number of anilines is 1. The standard InChI is InChI=1S/C22H22FN3O4S2/c1-15-7-8-18(23)17(13-15)22(28)9-11-26(12-10-22)20(27)19-14-31-21(24-19)25-32(29,30)16-5-3-2-4-6-16/h2-8,13-14,28H,9-12H2,1H3,(H,24,25). The van der Waals surface area contributed by atoms with Crippen molar-refractivity contribution in [2.24, 2.45) is 0 Å². The Morgan fingerprint density at radius 3 is 2.56 bits per heavy atom. The molecule has 168 valence electrons. The molecule has 0 saturated carbocycles. The van der Waals surface area contributed by atoms with Crippen molar-refractivity contribution in [3.63, 3.8) is 0 Å². The fourth-order valence-electron chi connectivity index (χ4n) is 3.70. The molecule has 0 spiro atoms. The Bertz CT molecular complexity index is 1240. The third kappa shape index (κ3) is 4.52. The minimum atomic E-state index is -3.80. The van der Waals surface area contributed by atoms with Crippen LogP contribution in [0.15, 0.2) is 58.8 Å². The fourth-order valence-corrected chi connectivity index (χ4v) is 5.66. The van der Waals surface area contributed by atoms with E-state index in [9.17, 15) is 22.7 Å². The van der Waals surface area contributed by atoms with E-state index in [1.165, 1.54) is 28.5 Å². The van der Waals surface area contributed by atoms with Gasteiger partial charge in [0.05, 0.1) is 10.5 Å². The number of piperidine rings is 1. The normalized spacial score (nSPS) is 16.0. The zero-order valence-electron chi connectivity index (χ0n) is 17.3. The Morgan fingerprint density at radius 2 is 1.88 bits per heavy atom. The number of aliphatic hydroxyl groups is 1. The predicted octanol–water partition coefficient (Wildman–Crippen LogP) is 3.52. The third-order valence-corrected chi connectivity index (χ3v) is 7.74. The fraction of sp³-hybridized carbons (Fsp3) is 0.273. The molecule has 1 aliphatic rings. The first-order valence-corrected chi connectivity index (χ1v) is 12.4. The first-order valence-electron chi connectivity index (χ1n) is 10.00. The summed E-state index contributed by atoms with van der Waals surface area (Å²) in [7, 11) is -3.80. The number of aromatic nitrogens is 1. The molecule has 4 rings (SSSR count). The van der Waals surface area contributed by atoms with Crippen LogP contribution in [0.4, 0.5) is 9.52 Å². The Balaban J connectivity index is 1.43. The highest BCUT2D eigenvalue weighted by Crippen LogP contribution is 2.35. The summed E-state index contributed by atoms with van der Waals surface area (Å²) in [6.45, 7) is 2.29. The van der Waals surface area contributed by atoms with Crippen molar-refractivity contribution < 1.29 is 22.7 Å². The zero-order chi connectivity index (χ0) is 22.9. The molecule has 2 heterocycles. The van der Waals surface area contributed by atoms with Crippen LogP contribution in [0.1, 0.15) is 34.5 Å². The van der Waals surface area contributed by atoms with Crippen LogP contribution >= 0.6 is 11.3 Å². The van der Waals surface area contributed by atoms with E-state index in [0.29, 0.717) is 0 Å². The molecule has 0 radical (unpaired) electrons. The van der Waals surface area contributed by atoms with Gasteiger partial charge in [-0.1, -0.05) is 35.9 Å². The van der Waals surface area contributed by atoms with Crippen molar-refractivity contribution in [3.8, 4) is 0 Å². The maximum atomic E-state index is 14.3. The van der Waals surface area contributed by atoms with Gasteiger partial charge in [0.2, 0.25) is 0 Å². The molecular formula is C22H22FN3O4S2. The van der Waals surface area contributed by atoms with E-state index >= 15 is 0 Å². The number of carbonyl (C=O) groups excluding carboxylic acids is 1. The Morgan fingerprint density at radius 1 is 1.19 bits per heavy atom. The largest absolute Gasteiger partial charge is 0.385 e. The molecule has 0 aliphatic carbocycles. The summed E-state index contributed by atoms with van der Waals surface area (Å²) in [6.07, 6.45) is 0.382. The number of benzene rings is 2. The lowest BCUT2D eigenvalue weighted by molar-refractivity contribution is -0.0237. The van der Waals surface area contributed by atoms with Crippen molar-refractivity contribution in [1.82, 2.24) is 9.88 Å². The number of amides is 1. The monoisotopic (exact) mass is 475 g/mol. The quantitative estimate of drug-likeness (QED) is 0.588. The van der Waals surface area contributed by atoms with E-state index in [1.807, 2.05) is 6.92 Å². The summed E-state index contributed by atoms with van der Waals surface area (Å²) >= 11 is 1.02. The number of sulfonamides is 1. The van der Waals surface area contributed by atoms with Gasteiger partial charge < -0.3 is 10.0 Å². The summed E-state index contributed by atoms with van der Waals surface area (Å²) < 4.78 is 41.5. The van der Waals surface area contributed by atoms with E-state index in [1.54, 1.807) is 30.3 Å². The topological polar surface area (TPSA) is 99.6 Å². The number of carbonyl (C=O) groups is 1. The van der Waals surface area contributed by atoms with Crippen molar-refractivity contribution in [2.45, 2.75) is 30.3 Å². The van der Waals surface area contributed by atoms with Crippen LogP contribution in [0.3, 0.4) is 0 Å². The SMILES string of the molecule is Cc1ccc(F)c(C2(O)CCN(C(=O)c3csc(NS(=O)(=O)c4ccccc4)n3)CC2)c1. The molecular weight excluding hydrogens is 453 g/mol. The predicted molar refractivity (Wildman–Crippen MR) is 120 cm³/mol. The highest BCUT2D eigenvalue weighted by atomic mass is 32.2. The molecule has 32 heavy (non-hydrogen) atoms. The van der Waals surface area contributed by atoms with Crippen LogP contribution in [0.25, 0.3) is 0 Å². The molecule has 1 fully saturated rings. The molecule has 1 saturated heterocycles. The average molecular weight is 476 g/mol. The minimum absolute atomic E-state index is 0.0903. The summed E-state index contributed by atoms with van der Waals surface area (Å²) in [6, 6.07) is 12.5. The van der Waals surface area contributed by atoms with Crippen LogP contribution in [0.2, 0.25) is 0 Å². The van der Waals surface area contributed by atoms with Gasteiger partial charge in [-0.05, 0) is 38.0 Å². The van der Waals surface area contributed by atoms with E-state index in [2.05, 4.69) is 9.71 Å². The molecule has 1 amide bonds. The smallest absolute Gasteiger partial charge is 0.273 e. The summed E-state index contributed by atoms with van der Waals surface area (Å²) in [5, 5.41) is 12.6. The average Bonchev–Trinajstić information content (AvgIpc) is 3.24.